The van der Waals surface area contributed by atoms with Crippen molar-refractivity contribution >= 4 is 17.2 Å². The van der Waals surface area contributed by atoms with Crippen molar-refractivity contribution in [1.82, 2.24) is 15.2 Å². The summed E-state index contributed by atoms with van der Waals surface area (Å²) in [5.41, 5.74) is 4.10. The first kappa shape index (κ1) is 24.4. The number of carbonyl (C=O) groups is 1. The zero-order valence-corrected chi connectivity index (χ0v) is 20.9. The molecule has 0 radical (unpaired) electrons. The molecule has 0 bridgehead atoms. The average molecular weight is 480 g/mol. The highest BCUT2D eigenvalue weighted by molar-refractivity contribution is 7.13. The lowest BCUT2D eigenvalue weighted by atomic mass is 10.1. The second-order valence-electron chi connectivity index (χ2n) is 8.79. The molecule has 3 aromatic rings. The Balaban J connectivity index is 1.27. The molecule has 0 saturated carbocycles. The van der Waals surface area contributed by atoms with Gasteiger partial charge in [-0.1, -0.05) is 36.4 Å². The molecule has 0 spiro atoms. The molecular weight excluding hydrogens is 446 g/mol. The van der Waals surface area contributed by atoms with Crippen molar-refractivity contribution in [3.8, 4) is 16.3 Å². The number of rotatable bonds is 9. The molecule has 34 heavy (non-hydrogen) atoms. The first-order chi connectivity index (χ1) is 16.5. The van der Waals surface area contributed by atoms with Gasteiger partial charge in [0.2, 0.25) is 5.91 Å². The van der Waals surface area contributed by atoms with Crippen molar-refractivity contribution in [1.29, 1.82) is 0 Å². The molecule has 0 aliphatic carbocycles. The topological polar surface area (TPSA) is 63.7 Å². The second kappa shape index (κ2) is 11.6. The molecule has 1 aliphatic rings. The number of hydrogen-bond donors (Lipinski definition) is 1. The van der Waals surface area contributed by atoms with Crippen molar-refractivity contribution in [2.75, 3.05) is 19.7 Å². The highest BCUT2D eigenvalue weighted by Gasteiger charge is 2.22. The number of thiazole rings is 1. The van der Waals surface area contributed by atoms with E-state index in [1.807, 2.05) is 36.6 Å². The molecule has 1 aromatic heterocycles. The van der Waals surface area contributed by atoms with E-state index in [4.69, 9.17) is 9.47 Å². The van der Waals surface area contributed by atoms with E-state index in [2.05, 4.69) is 53.3 Å². The highest BCUT2D eigenvalue weighted by atomic mass is 32.1. The summed E-state index contributed by atoms with van der Waals surface area (Å²) in [6, 6.07) is 16.3. The summed E-state index contributed by atoms with van der Waals surface area (Å²) in [5, 5.41) is 5.83. The van der Waals surface area contributed by atoms with E-state index in [1.54, 1.807) is 0 Å². The fourth-order valence-electron chi connectivity index (χ4n) is 4.30. The lowest BCUT2D eigenvalue weighted by molar-refractivity contribution is -0.120. The van der Waals surface area contributed by atoms with Crippen LogP contribution in [0.25, 0.3) is 10.6 Å². The van der Waals surface area contributed by atoms with Gasteiger partial charge in [0.25, 0.3) is 0 Å². The summed E-state index contributed by atoms with van der Waals surface area (Å²) < 4.78 is 11.5. The third-order valence-corrected chi connectivity index (χ3v) is 6.65. The lowest BCUT2D eigenvalue weighted by Crippen LogP contribution is -2.44. The SMILES string of the molecule is CCOc1ccccc1-c1nc(CC(=O)NCc2ccc(CN3CC(C)OC(C)C3)cc2)cs1. The van der Waals surface area contributed by atoms with Gasteiger partial charge in [-0.15, -0.1) is 11.3 Å². The van der Waals surface area contributed by atoms with Gasteiger partial charge in [-0.05, 0) is 44.0 Å². The van der Waals surface area contributed by atoms with Crippen molar-refractivity contribution in [3.63, 3.8) is 0 Å². The molecule has 1 fully saturated rings. The highest BCUT2D eigenvalue weighted by Crippen LogP contribution is 2.32. The number of aromatic nitrogens is 1. The molecule has 180 valence electrons. The number of nitrogens with zero attached hydrogens (tertiary/aromatic N) is 2. The third-order valence-electron chi connectivity index (χ3n) is 5.72. The van der Waals surface area contributed by atoms with Crippen molar-refractivity contribution < 1.29 is 14.3 Å². The van der Waals surface area contributed by atoms with Gasteiger partial charge in [0, 0.05) is 31.6 Å². The molecule has 1 amide bonds. The van der Waals surface area contributed by atoms with Crippen LogP contribution in [0, 0.1) is 0 Å². The molecule has 1 saturated heterocycles. The number of hydrogen-bond acceptors (Lipinski definition) is 6. The Hall–Kier alpha value is -2.74. The van der Waals surface area contributed by atoms with Gasteiger partial charge in [-0.2, -0.15) is 0 Å². The predicted octanol–water partition coefficient (Wildman–Crippen LogP) is 4.68. The van der Waals surface area contributed by atoms with Crippen LogP contribution in [0.4, 0.5) is 0 Å². The smallest absolute Gasteiger partial charge is 0.226 e. The summed E-state index contributed by atoms with van der Waals surface area (Å²) in [5.74, 6) is 0.784. The second-order valence-corrected chi connectivity index (χ2v) is 9.65. The van der Waals surface area contributed by atoms with Crippen LogP contribution in [-0.4, -0.2) is 47.7 Å². The van der Waals surface area contributed by atoms with Gasteiger partial charge >= 0.3 is 0 Å². The Kier molecular flexibility index (Phi) is 8.32. The quantitative estimate of drug-likeness (QED) is 0.483. The Bertz CT molecular complexity index is 1070. The monoisotopic (exact) mass is 479 g/mol. The Labute approximate surface area is 205 Å². The van der Waals surface area contributed by atoms with Crippen molar-refractivity contribution in [2.45, 2.75) is 52.5 Å². The van der Waals surface area contributed by atoms with Gasteiger partial charge in [-0.3, -0.25) is 9.69 Å². The molecular formula is C27H33N3O3S. The Morgan fingerprint density at radius 1 is 1.12 bits per heavy atom. The van der Waals surface area contributed by atoms with E-state index in [-0.39, 0.29) is 24.5 Å². The summed E-state index contributed by atoms with van der Waals surface area (Å²) in [6.45, 7) is 10.2. The molecule has 2 aromatic carbocycles. The molecule has 7 heteroatoms. The van der Waals surface area contributed by atoms with E-state index >= 15 is 0 Å². The Morgan fingerprint density at radius 2 is 1.82 bits per heavy atom. The predicted molar refractivity (Wildman–Crippen MR) is 136 cm³/mol. The van der Waals surface area contributed by atoms with Crippen molar-refractivity contribution in [2.24, 2.45) is 0 Å². The molecule has 2 heterocycles. The minimum Gasteiger partial charge on any atom is -0.493 e. The van der Waals surface area contributed by atoms with Gasteiger partial charge in [-0.25, -0.2) is 4.98 Å². The van der Waals surface area contributed by atoms with E-state index in [9.17, 15) is 4.79 Å². The normalized spacial score (nSPS) is 18.6. The molecule has 1 aliphatic heterocycles. The summed E-state index contributed by atoms with van der Waals surface area (Å²) >= 11 is 1.53. The number of benzene rings is 2. The minimum absolute atomic E-state index is 0.0321. The maximum Gasteiger partial charge on any atom is 0.226 e. The molecule has 1 N–H and O–H groups in total. The number of morpholine rings is 1. The van der Waals surface area contributed by atoms with E-state index in [0.29, 0.717) is 13.2 Å². The summed E-state index contributed by atoms with van der Waals surface area (Å²) in [6.07, 6.45) is 0.802. The van der Waals surface area contributed by atoms with Crippen molar-refractivity contribution in [3.05, 3.63) is 70.7 Å². The van der Waals surface area contributed by atoms with E-state index < -0.39 is 0 Å². The fraction of sp³-hybridized carbons (Fsp3) is 0.407. The summed E-state index contributed by atoms with van der Waals surface area (Å²) in [4.78, 5) is 19.6. The number of ether oxygens (including phenoxy) is 2. The average Bonchev–Trinajstić information content (AvgIpc) is 3.27. The first-order valence-electron chi connectivity index (χ1n) is 11.9. The van der Waals surface area contributed by atoms with E-state index in [1.165, 1.54) is 16.9 Å². The van der Waals surface area contributed by atoms with Gasteiger partial charge in [0.1, 0.15) is 10.8 Å². The van der Waals surface area contributed by atoms with Crippen LogP contribution in [0.15, 0.2) is 53.9 Å². The van der Waals surface area contributed by atoms with Crippen LogP contribution in [0.2, 0.25) is 0 Å². The largest absolute Gasteiger partial charge is 0.493 e. The molecule has 2 atom stereocenters. The minimum atomic E-state index is -0.0321. The van der Waals surface area contributed by atoms with Crippen LogP contribution >= 0.6 is 11.3 Å². The van der Waals surface area contributed by atoms with Crippen LogP contribution in [0.1, 0.15) is 37.6 Å². The Morgan fingerprint density at radius 3 is 2.56 bits per heavy atom. The number of carbonyl (C=O) groups excluding carboxylic acids is 1. The third kappa shape index (κ3) is 6.65. The van der Waals surface area contributed by atoms with Crippen LogP contribution < -0.4 is 10.1 Å². The standard InChI is InChI=1S/C27H33N3O3S/c1-4-32-25-8-6-5-7-24(25)27-29-23(18-34-27)13-26(31)28-14-21-9-11-22(12-10-21)17-30-15-19(2)33-20(3)16-30/h5-12,18-20H,4,13-17H2,1-3H3,(H,28,31). The maximum absolute atomic E-state index is 12.5. The summed E-state index contributed by atoms with van der Waals surface area (Å²) in [7, 11) is 0. The maximum atomic E-state index is 12.5. The zero-order chi connectivity index (χ0) is 23.9. The first-order valence-corrected chi connectivity index (χ1v) is 12.8. The van der Waals surface area contributed by atoms with Gasteiger partial charge in [0.15, 0.2) is 0 Å². The molecule has 2 unspecified atom stereocenters. The van der Waals surface area contributed by atoms with Crippen LogP contribution in [0.3, 0.4) is 0 Å². The van der Waals surface area contributed by atoms with Gasteiger partial charge < -0.3 is 14.8 Å². The van der Waals surface area contributed by atoms with E-state index in [0.717, 1.165) is 47.2 Å². The molecule has 4 rings (SSSR count). The lowest BCUT2D eigenvalue weighted by Gasteiger charge is -2.35. The van der Waals surface area contributed by atoms with Gasteiger partial charge in [0.05, 0.1) is 36.5 Å². The number of amides is 1. The number of para-hydroxylation sites is 1. The fourth-order valence-corrected chi connectivity index (χ4v) is 5.15. The molecule has 6 nitrogen and oxygen atoms in total. The van der Waals surface area contributed by atoms with Crippen LogP contribution in [0.5, 0.6) is 5.75 Å². The number of nitrogens with one attached hydrogen (secondary N) is 1. The zero-order valence-electron chi connectivity index (χ0n) is 20.1. The van der Waals surface area contributed by atoms with Crippen LogP contribution in [-0.2, 0) is 29.0 Å².